The minimum atomic E-state index is -0.865. The fourth-order valence-corrected chi connectivity index (χ4v) is 1.55. The molecule has 0 aliphatic carbocycles. The van der Waals surface area contributed by atoms with Gasteiger partial charge in [0, 0.05) is 6.07 Å². The molecule has 0 radical (unpaired) electrons. The van der Waals surface area contributed by atoms with Crippen LogP contribution in [0.5, 0.6) is 0 Å². The Morgan fingerprint density at radius 2 is 2.18 bits per heavy atom. The zero-order valence-corrected chi connectivity index (χ0v) is 9.28. The average molecular weight is 242 g/mol. The summed E-state index contributed by atoms with van der Waals surface area (Å²) in [4.78, 5) is 11.8. The summed E-state index contributed by atoms with van der Waals surface area (Å²) in [5.41, 5.74) is -0.154. The van der Waals surface area contributed by atoms with Crippen molar-refractivity contribution in [2.45, 2.75) is 19.1 Å². The lowest BCUT2D eigenvalue weighted by Gasteiger charge is -2.28. The van der Waals surface area contributed by atoms with Gasteiger partial charge in [0.05, 0.1) is 18.8 Å². The molecule has 0 bridgehead atoms. The SMILES string of the molecule is CC(OC1COC1)C(=O)c1ccc(F)cc1F. The Morgan fingerprint density at radius 3 is 2.71 bits per heavy atom. The Bertz CT molecular complexity index is 430. The number of hydrogen-bond acceptors (Lipinski definition) is 3. The highest BCUT2D eigenvalue weighted by atomic mass is 19.1. The number of ether oxygens (including phenoxy) is 2. The van der Waals surface area contributed by atoms with E-state index in [9.17, 15) is 13.6 Å². The Labute approximate surface area is 97.3 Å². The van der Waals surface area contributed by atoms with Crippen LogP contribution in [0.25, 0.3) is 0 Å². The normalized spacial score (nSPS) is 17.6. The molecule has 0 saturated carbocycles. The first kappa shape index (κ1) is 12.1. The summed E-state index contributed by atoms with van der Waals surface area (Å²) < 4.78 is 36.3. The van der Waals surface area contributed by atoms with Gasteiger partial charge in [-0.15, -0.1) is 0 Å². The lowest BCUT2D eigenvalue weighted by molar-refractivity contribution is -0.141. The Morgan fingerprint density at radius 1 is 1.47 bits per heavy atom. The first-order valence-electron chi connectivity index (χ1n) is 5.30. The third-order valence-electron chi connectivity index (χ3n) is 2.57. The summed E-state index contributed by atoms with van der Waals surface area (Å²) in [7, 11) is 0. The molecule has 1 unspecified atom stereocenters. The van der Waals surface area contributed by atoms with Gasteiger partial charge in [-0.25, -0.2) is 8.78 Å². The van der Waals surface area contributed by atoms with Crippen LogP contribution >= 0.6 is 0 Å². The molecule has 0 spiro atoms. The number of halogens is 2. The van der Waals surface area contributed by atoms with E-state index in [1.54, 1.807) is 6.92 Å². The van der Waals surface area contributed by atoms with Crippen LogP contribution in [0.15, 0.2) is 18.2 Å². The highest BCUT2D eigenvalue weighted by molar-refractivity contribution is 5.99. The van der Waals surface area contributed by atoms with Gasteiger partial charge in [0.15, 0.2) is 5.78 Å². The fourth-order valence-electron chi connectivity index (χ4n) is 1.55. The molecule has 17 heavy (non-hydrogen) atoms. The highest BCUT2D eigenvalue weighted by Gasteiger charge is 2.26. The van der Waals surface area contributed by atoms with E-state index in [1.165, 1.54) is 0 Å². The van der Waals surface area contributed by atoms with Gasteiger partial charge in [-0.05, 0) is 19.1 Å². The summed E-state index contributed by atoms with van der Waals surface area (Å²) in [6, 6.07) is 2.87. The van der Waals surface area contributed by atoms with Crippen LogP contribution in [0, 0.1) is 11.6 Å². The van der Waals surface area contributed by atoms with E-state index in [4.69, 9.17) is 9.47 Å². The van der Waals surface area contributed by atoms with Crippen LogP contribution in [-0.2, 0) is 9.47 Å². The molecule has 3 nitrogen and oxygen atoms in total. The molecule has 1 aliphatic rings. The molecule has 92 valence electrons. The average Bonchev–Trinajstić information content (AvgIpc) is 2.22. The predicted octanol–water partition coefficient (Wildman–Crippen LogP) is 1.95. The van der Waals surface area contributed by atoms with Crippen molar-refractivity contribution in [3.63, 3.8) is 0 Å². The second kappa shape index (κ2) is 4.89. The van der Waals surface area contributed by atoms with E-state index in [1.807, 2.05) is 0 Å². The van der Waals surface area contributed by atoms with Crippen LogP contribution < -0.4 is 0 Å². The van der Waals surface area contributed by atoms with E-state index in [-0.39, 0.29) is 11.7 Å². The third-order valence-corrected chi connectivity index (χ3v) is 2.57. The van der Waals surface area contributed by atoms with Crippen molar-refractivity contribution in [3.05, 3.63) is 35.4 Å². The molecule has 1 fully saturated rings. The Hall–Kier alpha value is -1.33. The van der Waals surface area contributed by atoms with Gasteiger partial charge >= 0.3 is 0 Å². The maximum atomic E-state index is 13.4. The van der Waals surface area contributed by atoms with Gasteiger partial charge in [-0.3, -0.25) is 4.79 Å². The number of hydrogen-bond donors (Lipinski definition) is 0. The van der Waals surface area contributed by atoms with Crippen LogP contribution in [0.3, 0.4) is 0 Å². The summed E-state index contributed by atoms with van der Waals surface area (Å²) in [5, 5.41) is 0. The number of carbonyl (C=O) groups excluding carboxylic acids is 1. The predicted molar refractivity (Wildman–Crippen MR) is 55.8 cm³/mol. The molecule has 1 saturated heterocycles. The number of carbonyl (C=O) groups is 1. The molecule has 1 aromatic rings. The molecule has 0 amide bonds. The summed E-state index contributed by atoms with van der Waals surface area (Å²) >= 11 is 0. The van der Waals surface area contributed by atoms with Crippen LogP contribution in [-0.4, -0.2) is 31.2 Å². The second-order valence-corrected chi connectivity index (χ2v) is 3.93. The van der Waals surface area contributed by atoms with Crippen molar-refractivity contribution in [2.24, 2.45) is 0 Å². The van der Waals surface area contributed by atoms with Gasteiger partial charge in [0.1, 0.15) is 23.8 Å². The quantitative estimate of drug-likeness (QED) is 0.757. The zero-order chi connectivity index (χ0) is 12.4. The molecule has 0 N–H and O–H groups in total. The van der Waals surface area contributed by atoms with E-state index in [0.717, 1.165) is 12.1 Å². The van der Waals surface area contributed by atoms with E-state index in [2.05, 4.69) is 0 Å². The molecule has 2 rings (SSSR count). The van der Waals surface area contributed by atoms with Crippen molar-refractivity contribution in [3.8, 4) is 0 Å². The minimum absolute atomic E-state index is 0.113. The molecule has 1 atom stereocenters. The standard InChI is InChI=1S/C12H12F2O3/c1-7(17-9-5-16-6-9)12(15)10-3-2-8(13)4-11(10)14/h2-4,7,9H,5-6H2,1H3. The van der Waals surface area contributed by atoms with Crippen molar-refractivity contribution in [1.29, 1.82) is 0 Å². The third kappa shape index (κ3) is 2.68. The monoisotopic (exact) mass is 242 g/mol. The smallest absolute Gasteiger partial charge is 0.194 e. The van der Waals surface area contributed by atoms with Gasteiger partial charge in [0.25, 0.3) is 0 Å². The van der Waals surface area contributed by atoms with E-state index < -0.39 is 23.5 Å². The number of rotatable bonds is 4. The van der Waals surface area contributed by atoms with Crippen molar-refractivity contribution in [1.82, 2.24) is 0 Å². The lowest BCUT2D eigenvalue weighted by atomic mass is 10.1. The molecule has 5 heteroatoms. The van der Waals surface area contributed by atoms with Gasteiger partial charge in [-0.2, -0.15) is 0 Å². The largest absolute Gasteiger partial charge is 0.376 e. The highest BCUT2D eigenvalue weighted by Crippen LogP contribution is 2.16. The van der Waals surface area contributed by atoms with Crippen LogP contribution in [0.2, 0.25) is 0 Å². The second-order valence-electron chi connectivity index (χ2n) is 3.93. The lowest BCUT2D eigenvalue weighted by Crippen LogP contribution is -2.40. The van der Waals surface area contributed by atoms with Crippen molar-refractivity contribution < 1.29 is 23.0 Å². The number of Topliss-reactive ketones (excluding diaryl/α,β-unsaturated/α-hetero) is 1. The maximum absolute atomic E-state index is 13.4. The summed E-state index contributed by atoms with van der Waals surface area (Å²) in [6.07, 6.45) is -0.874. The first-order valence-corrected chi connectivity index (χ1v) is 5.30. The van der Waals surface area contributed by atoms with Crippen LogP contribution in [0.4, 0.5) is 8.78 Å². The molecule has 0 aromatic heterocycles. The number of benzene rings is 1. The Kier molecular flexibility index (Phi) is 3.49. The van der Waals surface area contributed by atoms with Crippen LogP contribution in [0.1, 0.15) is 17.3 Å². The number of ketones is 1. The van der Waals surface area contributed by atoms with E-state index >= 15 is 0 Å². The first-order chi connectivity index (χ1) is 8.08. The summed E-state index contributed by atoms with van der Waals surface area (Å²) in [5.74, 6) is -2.07. The van der Waals surface area contributed by atoms with Crippen molar-refractivity contribution in [2.75, 3.05) is 13.2 Å². The van der Waals surface area contributed by atoms with Crippen molar-refractivity contribution >= 4 is 5.78 Å². The molecule has 1 aliphatic heterocycles. The summed E-state index contributed by atoms with van der Waals surface area (Å²) in [6.45, 7) is 2.44. The van der Waals surface area contributed by atoms with Gasteiger partial charge in [0.2, 0.25) is 0 Å². The molecule has 1 heterocycles. The van der Waals surface area contributed by atoms with Gasteiger partial charge in [-0.1, -0.05) is 0 Å². The van der Waals surface area contributed by atoms with Gasteiger partial charge < -0.3 is 9.47 Å². The zero-order valence-electron chi connectivity index (χ0n) is 9.28. The fraction of sp³-hybridized carbons (Fsp3) is 0.417. The molecule has 1 aromatic carbocycles. The molecular weight excluding hydrogens is 230 g/mol. The van der Waals surface area contributed by atoms with E-state index in [0.29, 0.717) is 19.3 Å². The topological polar surface area (TPSA) is 35.5 Å². The Balaban J connectivity index is 2.07. The maximum Gasteiger partial charge on any atom is 0.194 e. The minimum Gasteiger partial charge on any atom is -0.376 e. The molecular formula is C12H12F2O3.